The van der Waals surface area contributed by atoms with Gasteiger partial charge in [-0.3, -0.25) is 14.4 Å². The topological polar surface area (TPSA) is 76.2 Å². The summed E-state index contributed by atoms with van der Waals surface area (Å²) in [4.78, 5) is 39.4. The first-order valence-corrected chi connectivity index (χ1v) is 9.45. The van der Waals surface area contributed by atoms with Crippen molar-refractivity contribution in [3.63, 3.8) is 0 Å². The second-order valence-corrected chi connectivity index (χ2v) is 6.95. The van der Waals surface area contributed by atoms with Crippen LogP contribution < -0.4 is 4.74 Å². The number of ether oxygens (including phenoxy) is 2. The molecule has 1 heterocycles. The third kappa shape index (κ3) is 6.09. The van der Waals surface area contributed by atoms with Gasteiger partial charge in [0.25, 0.3) is 5.91 Å². The van der Waals surface area contributed by atoms with Crippen molar-refractivity contribution >= 4 is 29.4 Å². The molecule has 0 saturated carbocycles. The van der Waals surface area contributed by atoms with Crippen molar-refractivity contribution in [2.45, 2.75) is 19.8 Å². The molecule has 1 aliphatic rings. The van der Waals surface area contributed by atoms with E-state index < -0.39 is 11.7 Å². The smallest absolute Gasteiger partial charge is 0.310 e. The third-order valence-corrected chi connectivity index (χ3v) is 4.73. The van der Waals surface area contributed by atoms with Crippen molar-refractivity contribution in [2.24, 2.45) is 5.92 Å². The zero-order chi connectivity index (χ0) is 20.7. The molecular weight excluding hydrogens is 391 g/mol. The van der Waals surface area contributed by atoms with Crippen molar-refractivity contribution < 1.29 is 28.2 Å². The van der Waals surface area contributed by atoms with E-state index in [-0.39, 0.29) is 41.7 Å². The molecule has 7 nitrogen and oxygen atoms in total. The Bertz CT molecular complexity index is 730. The Balaban J connectivity index is 1.83. The fourth-order valence-electron chi connectivity index (χ4n) is 2.89. The van der Waals surface area contributed by atoms with Crippen molar-refractivity contribution in [1.29, 1.82) is 0 Å². The maximum absolute atomic E-state index is 13.0. The van der Waals surface area contributed by atoms with E-state index in [0.29, 0.717) is 32.5 Å². The molecule has 0 bridgehead atoms. The second-order valence-electron chi connectivity index (χ2n) is 6.54. The lowest BCUT2D eigenvalue weighted by Crippen LogP contribution is -2.47. The van der Waals surface area contributed by atoms with Gasteiger partial charge in [0.2, 0.25) is 5.91 Å². The second kappa shape index (κ2) is 10.3. The summed E-state index contributed by atoms with van der Waals surface area (Å²) in [6.07, 6.45) is 1.39. The molecule has 0 unspecified atom stereocenters. The highest BCUT2D eigenvalue weighted by atomic mass is 35.5. The predicted molar refractivity (Wildman–Crippen MR) is 100 cm³/mol. The summed E-state index contributed by atoms with van der Waals surface area (Å²) < 4.78 is 23.4. The van der Waals surface area contributed by atoms with Crippen LogP contribution in [0.5, 0.6) is 5.75 Å². The van der Waals surface area contributed by atoms with Gasteiger partial charge in [0.15, 0.2) is 6.61 Å². The van der Waals surface area contributed by atoms with Crippen LogP contribution in [0, 0.1) is 11.7 Å². The monoisotopic (exact) mass is 414 g/mol. The molecule has 2 amide bonds. The molecule has 0 spiro atoms. The van der Waals surface area contributed by atoms with Gasteiger partial charge >= 0.3 is 5.97 Å². The molecule has 154 valence electrons. The van der Waals surface area contributed by atoms with E-state index in [0.717, 1.165) is 6.07 Å². The van der Waals surface area contributed by atoms with Crippen molar-refractivity contribution in [1.82, 2.24) is 9.80 Å². The molecule has 0 aliphatic carbocycles. The molecule has 28 heavy (non-hydrogen) atoms. The van der Waals surface area contributed by atoms with Crippen LogP contribution >= 0.6 is 11.6 Å². The zero-order valence-electron chi connectivity index (χ0n) is 16.0. The summed E-state index contributed by atoms with van der Waals surface area (Å²) in [6.45, 7) is 2.42. The molecule has 1 aliphatic heterocycles. The highest BCUT2D eigenvalue weighted by Crippen LogP contribution is 2.24. The molecule has 9 heteroatoms. The van der Waals surface area contributed by atoms with Gasteiger partial charge < -0.3 is 19.3 Å². The highest BCUT2D eigenvalue weighted by Gasteiger charge is 2.30. The van der Waals surface area contributed by atoms with Gasteiger partial charge in [0.05, 0.1) is 24.1 Å². The van der Waals surface area contributed by atoms with E-state index in [1.807, 2.05) is 0 Å². The van der Waals surface area contributed by atoms with Crippen molar-refractivity contribution in [3.05, 3.63) is 29.0 Å². The average Bonchev–Trinajstić information content (AvgIpc) is 2.67. The maximum Gasteiger partial charge on any atom is 0.310 e. The number of halogens is 2. The summed E-state index contributed by atoms with van der Waals surface area (Å²) >= 11 is 5.85. The molecule has 0 N–H and O–H groups in total. The zero-order valence-corrected chi connectivity index (χ0v) is 16.7. The number of likely N-dealkylation sites (N-methyl/N-ethyl adjacent to an activating group) is 1. The molecule has 1 aromatic rings. The lowest BCUT2D eigenvalue weighted by molar-refractivity contribution is -0.152. The lowest BCUT2D eigenvalue weighted by Gasteiger charge is -2.32. The fraction of sp³-hybridized carbons (Fsp3) is 0.526. The Kier molecular flexibility index (Phi) is 8.04. The minimum absolute atomic E-state index is 0.0600. The highest BCUT2D eigenvalue weighted by molar-refractivity contribution is 6.32. The predicted octanol–water partition coefficient (Wildman–Crippen LogP) is 2.12. The molecule has 1 aromatic carbocycles. The Morgan fingerprint density at radius 3 is 2.79 bits per heavy atom. The number of hydrogen-bond acceptors (Lipinski definition) is 5. The lowest BCUT2D eigenvalue weighted by atomic mass is 9.98. The number of nitrogens with zero attached hydrogens (tertiary/aromatic N) is 2. The Morgan fingerprint density at radius 2 is 2.11 bits per heavy atom. The van der Waals surface area contributed by atoms with Crippen LogP contribution in [0.4, 0.5) is 4.39 Å². The van der Waals surface area contributed by atoms with Crippen molar-refractivity contribution in [3.8, 4) is 5.75 Å². The van der Waals surface area contributed by atoms with Crippen LogP contribution in [0.3, 0.4) is 0 Å². The molecular formula is C19H24ClFN2O5. The first-order chi connectivity index (χ1) is 13.3. The fourth-order valence-corrected chi connectivity index (χ4v) is 3.11. The van der Waals surface area contributed by atoms with Gasteiger partial charge in [-0.25, -0.2) is 4.39 Å². The Morgan fingerprint density at radius 1 is 1.36 bits per heavy atom. The van der Waals surface area contributed by atoms with E-state index in [1.54, 1.807) is 11.8 Å². The first kappa shape index (κ1) is 21.9. The standard InChI is InChI=1S/C19H24ClFN2O5/c1-3-27-19(26)13-5-4-8-23(10-13)17(24)11-22(2)18(25)12-28-16-7-6-14(21)9-15(16)20/h6-7,9,13H,3-5,8,10-12H2,1-2H3/t13-/m1/s1. The number of hydrogen-bond donors (Lipinski definition) is 0. The van der Waals surface area contributed by atoms with E-state index in [1.165, 1.54) is 24.1 Å². The van der Waals surface area contributed by atoms with Crippen LogP contribution in [-0.2, 0) is 19.1 Å². The van der Waals surface area contributed by atoms with Gasteiger partial charge in [-0.1, -0.05) is 11.6 Å². The number of likely N-dealkylation sites (tertiary alicyclic amines) is 1. The molecule has 1 fully saturated rings. The maximum atomic E-state index is 13.0. The van der Waals surface area contributed by atoms with Crippen LogP contribution in [0.25, 0.3) is 0 Å². The van der Waals surface area contributed by atoms with Crippen molar-refractivity contribution in [2.75, 3.05) is 39.9 Å². The van der Waals surface area contributed by atoms with Crippen LogP contribution in [-0.4, -0.2) is 67.5 Å². The number of piperidine rings is 1. The van der Waals surface area contributed by atoms with Crippen LogP contribution in [0.15, 0.2) is 18.2 Å². The number of amides is 2. The van der Waals surface area contributed by atoms with E-state index in [9.17, 15) is 18.8 Å². The quantitative estimate of drug-likeness (QED) is 0.639. The SMILES string of the molecule is CCOC(=O)[C@@H]1CCCN(C(=O)CN(C)C(=O)COc2ccc(F)cc2Cl)C1. The summed E-state index contributed by atoms with van der Waals surface area (Å²) in [5.74, 6) is -1.62. The number of esters is 1. The minimum atomic E-state index is -0.506. The molecule has 1 atom stereocenters. The molecule has 0 radical (unpaired) electrons. The van der Waals surface area contributed by atoms with E-state index in [4.69, 9.17) is 21.1 Å². The number of carbonyl (C=O) groups is 3. The summed E-state index contributed by atoms with van der Waals surface area (Å²) in [5, 5.41) is 0.0600. The van der Waals surface area contributed by atoms with Crippen LogP contribution in [0.2, 0.25) is 5.02 Å². The van der Waals surface area contributed by atoms with E-state index in [2.05, 4.69) is 0 Å². The largest absolute Gasteiger partial charge is 0.482 e. The Labute approximate surface area is 168 Å². The van der Waals surface area contributed by atoms with Gasteiger partial charge in [-0.05, 0) is 38.0 Å². The molecule has 0 aromatic heterocycles. The third-order valence-electron chi connectivity index (χ3n) is 4.44. The number of benzene rings is 1. The number of rotatable bonds is 7. The summed E-state index contributed by atoms with van der Waals surface area (Å²) in [7, 11) is 1.49. The van der Waals surface area contributed by atoms with Gasteiger partial charge in [0.1, 0.15) is 11.6 Å². The molecule has 1 saturated heterocycles. The minimum Gasteiger partial charge on any atom is -0.482 e. The summed E-state index contributed by atoms with van der Waals surface area (Å²) in [6, 6.07) is 3.60. The first-order valence-electron chi connectivity index (χ1n) is 9.08. The molecule has 2 rings (SSSR count). The van der Waals surface area contributed by atoms with Gasteiger partial charge in [0, 0.05) is 20.1 Å². The van der Waals surface area contributed by atoms with Crippen LogP contribution in [0.1, 0.15) is 19.8 Å². The normalized spacial score (nSPS) is 16.4. The van der Waals surface area contributed by atoms with E-state index >= 15 is 0 Å². The van der Waals surface area contributed by atoms with Gasteiger partial charge in [-0.2, -0.15) is 0 Å². The average molecular weight is 415 g/mol. The summed E-state index contributed by atoms with van der Waals surface area (Å²) in [5.41, 5.74) is 0. The Hall–Kier alpha value is -2.35. The van der Waals surface area contributed by atoms with Gasteiger partial charge in [-0.15, -0.1) is 0 Å². The number of carbonyl (C=O) groups excluding carboxylic acids is 3.